The lowest BCUT2D eigenvalue weighted by atomic mass is 10.0. The first kappa shape index (κ1) is 22.7. The molecule has 0 radical (unpaired) electrons. The van der Waals surface area contributed by atoms with Crippen LogP contribution in [0.5, 0.6) is 0 Å². The largest absolute Gasteiger partial charge is 0.455 e. The van der Waals surface area contributed by atoms with Crippen molar-refractivity contribution in [2.75, 3.05) is 11.9 Å². The quantitative estimate of drug-likeness (QED) is 0.631. The van der Waals surface area contributed by atoms with E-state index in [1.807, 2.05) is 19.9 Å². The van der Waals surface area contributed by atoms with Crippen molar-refractivity contribution in [3.8, 4) is 0 Å². The molecule has 0 bridgehead atoms. The number of halogens is 2. The minimum absolute atomic E-state index is 0.126. The van der Waals surface area contributed by atoms with Crippen molar-refractivity contribution >= 4 is 46.7 Å². The Morgan fingerprint density at radius 1 is 1.07 bits per heavy atom. The van der Waals surface area contributed by atoms with Gasteiger partial charge in [0.05, 0.1) is 23.2 Å². The van der Waals surface area contributed by atoms with E-state index in [4.69, 9.17) is 27.9 Å². The maximum atomic E-state index is 12.2. The maximum Gasteiger partial charge on any atom is 0.308 e. The second-order valence-electron chi connectivity index (χ2n) is 6.66. The molecule has 1 unspecified atom stereocenters. The molecule has 2 aromatic carbocycles. The first-order chi connectivity index (χ1) is 13.7. The van der Waals surface area contributed by atoms with Crippen molar-refractivity contribution in [1.29, 1.82) is 0 Å². The van der Waals surface area contributed by atoms with E-state index >= 15 is 0 Å². The lowest BCUT2D eigenvalue weighted by molar-refractivity contribution is -0.148. The molecule has 2 aromatic rings. The van der Waals surface area contributed by atoms with E-state index in [0.717, 1.165) is 11.1 Å². The van der Waals surface area contributed by atoms with Gasteiger partial charge in [-0.15, -0.1) is 0 Å². The number of esters is 1. The number of rotatable bonds is 7. The number of anilines is 1. The van der Waals surface area contributed by atoms with Gasteiger partial charge in [0.2, 0.25) is 5.91 Å². The molecule has 6 nitrogen and oxygen atoms in total. The standard InChI is InChI=1S/C21H22Cl2N2O4/c1-12-8-13(2)21(17(23)9-12)25-19(27)11-29-20(28)10-18(24-14(3)26)15-4-6-16(22)7-5-15/h4-9,18H,10-11H2,1-3H3,(H,24,26)(H,25,27). The van der Waals surface area contributed by atoms with E-state index < -0.39 is 24.5 Å². The van der Waals surface area contributed by atoms with Crippen LogP contribution in [0.3, 0.4) is 0 Å². The second kappa shape index (κ2) is 10.3. The van der Waals surface area contributed by atoms with Crippen LogP contribution in [0.25, 0.3) is 0 Å². The van der Waals surface area contributed by atoms with Gasteiger partial charge in [0.1, 0.15) is 0 Å². The van der Waals surface area contributed by atoms with Crippen LogP contribution in [0.2, 0.25) is 10.0 Å². The summed E-state index contributed by atoms with van der Waals surface area (Å²) in [6, 6.07) is 9.79. The van der Waals surface area contributed by atoms with Crippen molar-refractivity contribution in [2.45, 2.75) is 33.2 Å². The highest BCUT2D eigenvalue weighted by Crippen LogP contribution is 2.27. The number of carbonyl (C=O) groups excluding carboxylic acids is 3. The highest BCUT2D eigenvalue weighted by Gasteiger charge is 2.19. The number of hydrogen-bond donors (Lipinski definition) is 2. The van der Waals surface area contributed by atoms with Gasteiger partial charge in [-0.25, -0.2) is 0 Å². The normalized spacial score (nSPS) is 11.5. The summed E-state index contributed by atoms with van der Waals surface area (Å²) in [5.74, 6) is -1.42. The molecule has 0 spiro atoms. The van der Waals surface area contributed by atoms with Crippen LogP contribution in [0.15, 0.2) is 36.4 Å². The molecule has 0 saturated carbocycles. The number of aryl methyl sites for hydroxylation is 2. The van der Waals surface area contributed by atoms with Gasteiger partial charge in [0.25, 0.3) is 5.91 Å². The van der Waals surface area contributed by atoms with Crippen LogP contribution in [-0.2, 0) is 19.1 Å². The van der Waals surface area contributed by atoms with Crippen LogP contribution < -0.4 is 10.6 Å². The molecule has 2 amide bonds. The monoisotopic (exact) mass is 436 g/mol. The summed E-state index contributed by atoms with van der Waals surface area (Å²) in [5, 5.41) is 6.30. The number of ether oxygens (including phenoxy) is 1. The Morgan fingerprint density at radius 2 is 1.72 bits per heavy atom. The summed E-state index contributed by atoms with van der Waals surface area (Å²) >= 11 is 12.0. The van der Waals surface area contributed by atoms with Crippen LogP contribution in [0, 0.1) is 13.8 Å². The third kappa shape index (κ3) is 7.07. The zero-order chi connectivity index (χ0) is 21.6. The third-order valence-corrected chi connectivity index (χ3v) is 4.63. The highest BCUT2D eigenvalue weighted by molar-refractivity contribution is 6.34. The summed E-state index contributed by atoms with van der Waals surface area (Å²) in [5.41, 5.74) is 2.97. The molecule has 0 fully saturated rings. The number of benzene rings is 2. The first-order valence-corrected chi connectivity index (χ1v) is 9.66. The molecule has 0 aliphatic carbocycles. The average Bonchev–Trinajstić information content (AvgIpc) is 2.62. The fourth-order valence-corrected chi connectivity index (χ4v) is 3.31. The second-order valence-corrected chi connectivity index (χ2v) is 7.50. The minimum atomic E-state index is -0.624. The van der Waals surface area contributed by atoms with Crippen LogP contribution in [-0.4, -0.2) is 24.4 Å². The minimum Gasteiger partial charge on any atom is -0.455 e. The zero-order valence-corrected chi connectivity index (χ0v) is 17.9. The van der Waals surface area contributed by atoms with Crippen molar-refractivity contribution in [3.63, 3.8) is 0 Å². The van der Waals surface area contributed by atoms with Gasteiger partial charge in [0, 0.05) is 11.9 Å². The molecule has 1 atom stereocenters. The van der Waals surface area contributed by atoms with Crippen molar-refractivity contribution in [1.82, 2.24) is 5.32 Å². The smallest absolute Gasteiger partial charge is 0.308 e. The topological polar surface area (TPSA) is 84.5 Å². The molecule has 2 N–H and O–H groups in total. The van der Waals surface area contributed by atoms with Crippen molar-refractivity contribution < 1.29 is 19.1 Å². The van der Waals surface area contributed by atoms with Gasteiger partial charge in [-0.1, -0.05) is 41.4 Å². The summed E-state index contributed by atoms with van der Waals surface area (Å²) < 4.78 is 5.07. The molecular weight excluding hydrogens is 415 g/mol. The Bertz CT molecular complexity index is 890. The van der Waals surface area contributed by atoms with Gasteiger partial charge in [-0.2, -0.15) is 0 Å². The molecule has 8 heteroatoms. The molecule has 154 valence electrons. The first-order valence-electron chi connectivity index (χ1n) is 8.90. The van der Waals surface area contributed by atoms with E-state index in [1.165, 1.54) is 6.92 Å². The number of carbonyl (C=O) groups is 3. The summed E-state index contributed by atoms with van der Waals surface area (Å²) in [6.07, 6.45) is -0.126. The summed E-state index contributed by atoms with van der Waals surface area (Å²) in [4.78, 5) is 35.8. The maximum absolute atomic E-state index is 12.2. The summed E-state index contributed by atoms with van der Waals surface area (Å²) in [7, 11) is 0. The number of amides is 2. The lowest BCUT2D eigenvalue weighted by Gasteiger charge is -2.18. The van der Waals surface area contributed by atoms with Crippen molar-refractivity contribution in [2.24, 2.45) is 0 Å². The molecule has 2 rings (SSSR count). The fraction of sp³-hybridized carbons (Fsp3) is 0.286. The third-order valence-electron chi connectivity index (χ3n) is 4.08. The number of hydrogen-bond acceptors (Lipinski definition) is 4. The van der Waals surface area contributed by atoms with Crippen molar-refractivity contribution in [3.05, 3.63) is 63.1 Å². The molecule has 0 aliphatic heterocycles. The predicted molar refractivity (Wildman–Crippen MR) is 113 cm³/mol. The van der Waals surface area contributed by atoms with Crippen LogP contribution >= 0.6 is 23.2 Å². The van der Waals surface area contributed by atoms with E-state index in [1.54, 1.807) is 30.3 Å². The SMILES string of the molecule is CC(=O)NC(CC(=O)OCC(=O)Nc1c(C)cc(C)cc1Cl)c1ccc(Cl)cc1. The van der Waals surface area contributed by atoms with E-state index in [0.29, 0.717) is 21.3 Å². The van der Waals surface area contributed by atoms with Crippen LogP contribution in [0.4, 0.5) is 5.69 Å². The zero-order valence-electron chi connectivity index (χ0n) is 16.3. The van der Waals surface area contributed by atoms with Gasteiger partial charge < -0.3 is 15.4 Å². The van der Waals surface area contributed by atoms with E-state index in [-0.39, 0.29) is 12.3 Å². The van der Waals surface area contributed by atoms with Gasteiger partial charge in [-0.05, 0) is 48.7 Å². The predicted octanol–water partition coefficient (Wildman–Crippen LogP) is 4.36. The lowest BCUT2D eigenvalue weighted by Crippen LogP contribution is -2.29. The molecule has 0 heterocycles. The molecule has 0 saturated heterocycles. The van der Waals surface area contributed by atoms with Gasteiger partial charge >= 0.3 is 5.97 Å². The molecule has 0 aromatic heterocycles. The molecule has 0 aliphatic rings. The van der Waals surface area contributed by atoms with E-state index in [2.05, 4.69) is 10.6 Å². The van der Waals surface area contributed by atoms with Gasteiger partial charge in [-0.3, -0.25) is 14.4 Å². The Balaban J connectivity index is 1.95. The van der Waals surface area contributed by atoms with Crippen LogP contribution in [0.1, 0.15) is 36.1 Å². The fourth-order valence-electron chi connectivity index (χ4n) is 2.81. The molecular formula is C21H22Cl2N2O4. The Hall–Kier alpha value is -2.57. The highest BCUT2D eigenvalue weighted by atomic mass is 35.5. The van der Waals surface area contributed by atoms with E-state index in [9.17, 15) is 14.4 Å². The molecule has 29 heavy (non-hydrogen) atoms. The average molecular weight is 437 g/mol. The summed E-state index contributed by atoms with van der Waals surface area (Å²) in [6.45, 7) is 4.62. The van der Waals surface area contributed by atoms with Gasteiger partial charge in [0.15, 0.2) is 6.61 Å². The Morgan fingerprint density at radius 3 is 2.31 bits per heavy atom. The Labute approximate surface area is 179 Å². The number of nitrogens with one attached hydrogen (secondary N) is 2. The Kier molecular flexibility index (Phi) is 8.05.